The van der Waals surface area contributed by atoms with Crippen molar-refractivity contribution in [3.63, 3.8) is 0 Å². The van der Waals surface area contributed by atoms with Crippen molar-refractivity contribution in [2.75, 3.05) is 26.7 Å². The molecule has 20 heavy (non-hydrogen) atoms. The molecule has 3 heteroatoms. The van der Waals surface area contributed by atoms with Crippen LogP contribution in [0.15, 0.2) is 24.3 Å². The molecule has 0 bridgehead atoms. The second-order valence-electron chi connectivity index (χ2n) is 6.30. The summed E-state index contributed by atoms with van der Waals surface area (Å²) in [5, 5.41) is 0. The smallest absolute Gasteiger partial charge is 0.0595 e. The van der Waals surface area contributed by atoms with Crippen molar-refractivity contribution in [1.82, 2.24) is 4.90 Å². The molecule has 0 aromatic heterocycles. The van der Waals surface area contributed by atoms with Gasteiger partial charge in [0.2, 0.25) is 0 Å². The normalized spacial score (nSPS) is 28.3. The molecule has 3 nitrogen and oxygen atoms in total. The van der Waals surface area contributed by atoms with Crippen LogP contribution in [0.1, 0.15) is 30.4 Å². The molecular weight excluding hydrogens is 248 g/mol. The van der Waals surface area contributed by atoms with Gasteiger partial charge < -0.3 is 10.5 Å². The van der Waals surface area contributed by atoms with E-state index < -0.39 is 0 Å². The SMILES string of the molecule is COC1CCN(C2(CN)CCc3ccccc3C2)CC1. The minimum Gasteiger partial charge on any atom is -0.381 e. The van der Waals surface area contributed by atoms with E-state index in [9.17, 15) is 0 Å². The number of nitrogens with zero attached hydrogens (tertiary/aromatic N) is 1. The number of fused-ring (bicyclic) bond motifs is 1. The Morgan fingerprint density at radius 1 is 1.25 bits per heavy atom. The Balaban J connectivity index is 1.77. The van der Waals surface area contributed by atoms with Crippen molar-refractivity contribution in [2.45, 2.75) is 43.7 Å². The van der Waals surface area contributed by atoms with Crippen LogP contribution in [-0.4, -0.2) is 43.3 Å². The summed E-state index contributed by atoms with van der Waals surface area (Å²) in [5.74, 6) is 0. The van der Waals surface area contributed by atoms with Crippen LogP contribution in [0.4, 0.5) is 0 Å². The van der Waals surface area contributed by atoms with E-state index in [4.69, 9.17) is 10.5 Å². The summed E-state index contributed by atoms with van der Waals surface area (Å²) in [6.45, 7) is 3.01. The Kier molecular flexibility index (Phi) is 4.11. The van der Waals surface area contributed by atoms with E-state index in [2.05, 4.69) is 29.2 Å². The first-order chi connectivity index (χ1) is 9.77. The summed E-state index contributed by atoms with van der Waals surface area (Å²) in [6.07, 6.45) is 6.18. The van der Waals surface area contributed by atoms with Crippen molar-refractivity contribution in [3.05, 3.63) is 35.4 Å². The zero-order chi connectivity index (χ0) is 14.0. The maximum atomic E-state index is 6.22. The van der Waals surface area contributed by atoms with Gasteiger partial charge in [-0.15, -0.1) is 0 Å². The zero-order valence-electron chi connectivity index (χ0n) is 12.5. The molecule has 2 aliphatic rings. The van der Waals surface area contributed by atoms with Crippen molar-refractivity contribution < 1.29 is 4.74 Å². The average molecular weight is 274 g/mol. The fraction of sp³-hybridized carbons (Fsp3) is 0.647. The Morgan fingerprint density at radius 2 is 1.95 bits per heavy atom. The van der Waals surface area contributed by atoms with E-state index in [1.807, 2.05) is 7.11 Å². The maximum Gasteiger partial charge on any atom is 0.0595 e. The van der Waals surface area contributed by atoms with Crippen LogP contribution in [0, 0.1) is 0 Å². The van der Waals surface area contributed by atoms with Gasteiger partial charge in [0.25, 0.3) is 0 Å². The molecule has 1 aliphatic heterocycles. The lowest BCUT2D eigenvalue weighted by atomic mass is 9.76. The molecule has 0 amide bonds. The molecule has 110 valence electrons. The van der Waals surface area contributed by atoms with E-state index in [0.717, 1.165) is 45.3 Å². The molecule has 1 fully saturated rings. The summed E-state index contributed by atoms with van der Waals surface area (Å²) in [6, 6.07) is 8.86. The average Bonchev–Trinajstić information content (AvgIpc) is 2.54. The number of hydrogen-bond donors (Lipinski definition) is 1. The molecule has 1 atom stereocenters. The molecule has 1 aromatic carbocycles. The first-order valence-corrected chi connectivity index (χ1v) is 7.82. The molecule has 0 spiro atoms. The van der Waals surface area contributed by atoms with Gasteiger partial charge in [-0.25, -0.2) is 0 Å². The van der Waals surface area contributed by atoms with E-state index >= 15 is 0 Å². The third kappa shape index (κ3) is 2.50. The Morgan fingerprint density at radius 3 is 2.60 bits per heavy atom. The lowest BCUT2D eigenvalue weighted by Crippen LogP contribution is -2.59. The van der Waals surface area contributed by atoms with E-state index in [1.165, 1.54) is 17.5 Å². The number of likely N-dealkylation sites (tertiary alicyclic amines) is 1. The predicted octanol–water partition coefficient (Wildman–Crippen LogP) is 1.98. The third-order valence-corrected chi connectivity index (χ3v) is 5.32. The Hall–Kier alpha value is -0.900. The number of hydrogen-bond acceptors (Lipinski definition) is 3. The summed E-state index contributed by atoms with van der Waals surface area (Å²) >= 11 is 0. The molecule has 0 saturated carbocycles. The number of ether oxygens (including phenoxy) is 1. The van der Waals surface area contributed by atoms with Crippen LogP contribution in [0.5, 0.6) is 0 Å². The highest BCUT2D eigenvalue weighted by Crippen LogP contribution is 2.34. The Labute approximate surface area is 122 Å². The van der Waals surface area contributed by atoms with E-state index in [1.54, 1.807) is 0 Å². The number of piperidine rings is 1. The molecule has 1 aromatic rings. The van der Waals surface area contributed by atoms with Crippen LogP contribution in [-0.2, 0) is 17.6 Å². The fourth-order valence-corrected chi connectivity index (χ4v) is 3.92. The lowest BCUT2D eigenvalue weighted by Gasteiger charge is -2.49. The standard InChI is InChI=1S/C17H26N2O/c1-20-16-7-10-19(11-8-16)17(13-18)9-6-14-4-2-3-5-15(14)12-17/h2-5,16H,6-13,18H2,1H3. The van der Waals surface area contributed by atoms with Crippen molar-refractivity contribution >= 4 is 0 Å². The van der Waals surface area contributed by atoms with Gasteiger partial charge in [0.15, 0.2) is 0 Å². The molecule has 3 rings (SSSR count). The highest BCUT2D eigenvalue weighted by atomic mass is 16.5. The topological polar surface area (TPSA) is 38.5 Å². The highest BCUT2D eigenvalue weighted by molar-refractivity contribution is 5.32. The van der Waals surface area contributed by atoms with Gasteiger partial charge in [-0.3, -0.25) is 4.90 Å². The zero-order valence-corrected chi connectivity index (χ0v) is 12.5. The second kappa shape index (κ2) is 5.84. The summed E-state index contributed by atoms with van der Waals surface area (Å²) < 4.78 is 5.49. The van der Waals surface area contributed by atoms with E-state index in [0.29, 0.717) is 6.10 Å². The fourth-order valence-electron chi connectivity index (χ4n) is 3.92. The summed E-state index contributed by atoms with van der Waals surface area (Å²) in [7, 11) is 1.83. The number of methoxy groups -OCH3 is 1. The maximum absolute atomic E-state index is 6.22. The quantitative estimate of drug-likeness (QED) is 0.916. The van der Waals surface area contributed by atoms with Crippen LogP contribution >= 0.6 is 0 Å². The van der Waals surface area contributed by atoms with Gasteiger partial charge in [0, 0.05) is 32.3 Å². The molecular formula is C17H26N2O. The van der Waals surface area contributed by atoms with Crippen molar-refractivity contribution in [2.24, 2.45) is 5.73 Å². The number of nitrogens with two attached hydrogens (primary N) is 1. The largest absolute Gasteiger partial charge is 0.381 e. The number of aryl methyl sites for hydroxylation is 1. The molecule has 1 unspecified atom stereocenters. The van der Waals surface area contributed by atoms with Gasteiger partial charge in [-0.2, -0.15) is 0 Å². The molecule has 0 radical (unpaired) electrons. The van der Waals surface area contributed by atoms with Crippen molar-refractivity contribution in [3.8, 4) is 0 Å². The van der Waals surface area contributed by atoms with Crippen LogP contribution in [0.25, 0.3) is 0 Å². The van der Waals surface area contributed by atoms with Gasteiger partial charge in [0.1, 0.15) is 0 Å². The van der Waals surface area contributed by atoms with Crippen LogP contribution in [0.3, 0.4) is 0 Å². The van der Waals surface area contributed by atoms with Gasteiger partial charge in [-0.05, 0) is 43.2 Å². The van der Waals surface area contributed by atoms with E-state index in [-0.39, 0.29) is 5.54 Å². The first-order valence-electron chi connectivity index (χ1n) is 7.82. The minimum absolute atomic E-state index is 0.174. The second-order valence-corrected chi connectivity index (χ2v) is 6.30. The molecule has 1 aliphatic carbocycles. The third-order valence-electron chi connectivity index (χ3n) is 5.32. The van der Waals surface area contributed by atoms with Crippen LogP contribution < -0.4 is 5.73 Å². The van der Waals surface area contributed by atoms with Gasteiger partial charge in [-0.1, -0.05) is 24.3 Å². The summed E-state index contributed by atoms with van der Waals surface area (Å²) in [5.41, 5.74) is 9.41. The molecule has 1 saturated heterocycles. The first kappa shape index (κ1) is 14.1. The lowest BCUT2D eigenvalue weighted by molar-refractivity contribution is -0.00720. The minimum atomic E-state index is 0.174. The highest BCUT2D eigenvalue weighted by Gasteiger charge is 2.39. The number of rotatable bonds is 3. The van der Waals surface area contributed by atoms with Crippen molar-refractivity contribution in [1.29, 1.82) is 0 Å². The summed E-state index contributed by atoms with van der Waals surface area (Å²) in [4.78, 5) is 2.64. The Bertz CT molecular complexity index is 454. The number of benzene rings is 1. The van der Waals surface area contributed by atoms with Gasteiger partial charge in [0.05, 0.1) is 6.10 Å². The van der Waals surface area contributed by atoms with Gasteiger partial charge >= 0.3 is 0 Å². The molecule has 2 N–H and O–H groups in total. The monoisotopic (exact) mass is 274 g/mol. The predicted molar refractivity (Wildman–Crippen MR) is 81.9 cm³/mol. The van der Waals surface area contributed by atoms with Crippen LogP contribution in [0.2, 0.25) is 0 Å². The molecule has 1 heterocycles.